The Kier molecular flexibility index (Phi) is 10.7. The first-order valence-electron chi connectivity index (χ1n) is 13.6. The van der Waals surface area contributed by atoms with Crippen LogP contribution in [0.25, 0.3) is 0 Å². The SMILES string of the molecule is CCOCCCC[C@@](O)(c1ccccc1)C1CCCN(C(N)=O)C1[C@H](CN)CC1CCCCC1. The van der Waals surface area contributed by atoms with Crippen molar-refractivity contribution in [1.82, 2.24) is 4.90 Å². The maximum absolute atomic E-state index is 12.6. The van der Waals surface area contributed by atoms with Crippen LogP contribution in [0.5, 0.6) is 0 Å². The van der Waals surface area contributed by atoms with E-state index in [9.17, 15) is 9.90 Å². The minimum absolute atomic E-state index is 0.0969. The molecule has 192 valence electrons. The molecule has 1 saturated heterocycles. The number of urea groups is 1. The summed E-state index contributed by atoms with van der Waals surface area (Å²) in [6.45, 7) is 4.57. The van der Waals surface area contributed by atoms with E-state index in [0.29, 0.717) is 38.6 Å². The van der Waals surface area contributed by atoms with Gasteiger partial charge in [-0.2, -0.15) is 0 Å². The second kappa shape index (κ2) is 13.5. The lowest BCUT2D eigenvalue weighted by Crippen LogP contribution is -2.60. The van der Waals surface area contributed by atoms with E-state index in [4.69, 9.17) is 16.2 Å². The van der Waals surface area contributed by atoms with Gasteiger partial charge in [-0.15, -0.1) is 0 Å². The van der Waals surface area contributed by atoms with Gasteiger partial charge in [0, 0.05) is 31.7 Å². The van der Waals surface area contributed by atoms with Gasteiger partial charge in [0.05, 0.1) is 5.60 Å². The first kappa shape index (κ1) is 27.0. The lowest BCUT2D eigenvalue weighted by Gasteiger charge is -2.51. The molecule has 1 aliphatic carbocycles. The van der Waals surface area contributed by atoms with Gasteiger partial charge in [0.1, 0.15) is 0 Å². The number of likely N-dealkylation sites (tertiary alicyclic amines) is 1. The van der Waals surface area contributed by atoms with E-state index in [1.54, 1.807) is 0 Å². The molecule has 6 heteroatoms. The number of benzene rings is 1. The van der Waals surface area contributed by atoms with Crippen molar-refractivity contribution in [2.45, 2.75) is 89.2 Å². The topological polar surface area (TPSA) is 102 Å². The van der Waals surface area contributed by atoms with Gasteiger partial charge < -0.3 is 26.2 Å². The van der Waals surface area contributed by atoms with Crippen molar-refractivity contribution >= 4 is 6.03 Å². The van der Waals surface area contributed by atoms with Crippen molar-refractivity contribution < 1.29 is 14.6 Å². The van der Waals surface area contributed by atoms with Crippen LogP contribution in [0.4, 0.5) is 4.79 Å². The number of piperidine rings is 1. The number of primary amides is 1. The Bertz CT molecular complexity index is 725. The van der Waals surface area contributed by atoms with Gasteiger partial charge in [0.15, 0.2) is 0 Å². The van der Waals surface area contributed by atoms with Gasteiger partial charge >= 0.3 is 6.03 Å². The summed E-state index contributed by atoms with van der Waals surface area (Å²) in [5, 5.41) is 12.4. The highest BCUT2D eigenvalue weighted by Gasteiger charge is 2.49. The molecule has 34 heavy (non-hydrogen) atoms. The summed E-state index contributed by atoms with van der Waals surface area (Å²) in [5.41, 5.74) is 12.2. The third-order valence-electron chi connectivity index (χ3n) is 8.30. The number of carbonyl (C=O) groups excluding carboxylic acids is 1. The average molecular weight is 474 g/mol. The summed E-state index contributed by atoms with van der Waals surface area (Å²) in [4.78, 5) is 14.5. The standard InChI is InChI=1S/C28H47N3O3/c1-2-34-19-10-9-17-28(33,24-14-7-4-8-15-24)25-16-11-18-31(27(30)32)26(25)23(21-29)20-22-12-5-3-6-13-22/h4,7-8,14-15,22-23,25-26,33H,2-3,5-6,9-13,16-21,29H2,1H3,(H2,30,32)/t23-,25?,26?,28+/m0/s1. The van der Waals surface area contributed by atoms with E-state index in [0.717, 1.165) is 37.7 Å². The quantitative estimate of drug-likeness (QED) is 0.380. The smallest absolute Gasteiger partial charge is 0.315 e. The van der Waals surface area contributed by atoms with Crippen LogP contribution in [0.15, 0.2) is 30.3 Å². The summed E-state index contributed by atoms with van der Waals surface area (Å²) in [6.07, 6.45) is 11.5. The van der Waals surface area contributed by atoms with Crippen molar-refractivity contribution in [2.75, 3.05) is 26.3 Å². The average Bonchev–Trinajstić information content (AvgIpc) is 2.87. The molecule has 0 radical (unpaired) electrons. The molecule has 2 amide bonds. The van der Waals surface area contributed by atoms with Crippen molar-refractivity contribution in [3.05, 3.63) is 35.9 Å². The van der Waals surface area contributed by atoms with E-state index in [1.807, 2.05) is 42.2 Å². The highest BCUT2D eigenvalue weighted by molar-refractivity contribution is 5.72. The van der Waals surface area contributed by atoms with Gasteiger partial charge in [-0.25, -0.2) is 4.79 Å². The third kappa shape index (κ3) is 6.73. The fourth-order valence-corrected chi connectivity index (χ4v) is 6.62. The second-order valence-corrected chi connectivity index (χ2v) is 10.5. The summed E-state index contributed by atoms with van der Waals surface area (Å²) in [7, 11) is 0. The van der Waals surface area contributed by atoms with E-state index in [-0.39, 0.29) is 23.9 Å². The van der Waals surface area contributed by atoms with E-state index >= 15 is 0 Å². The van der Waals surface area contributed by atoms with Crippen molar-refractivity contribution in [3.8, 4) is 0 Å². The number of nitrogens with zero attached hydrogens (tertiary/aromatic N) is 1. The van der Waals surface area contributed by atoms with Gasteiger partial charge in [0.2, 0.25) is 0 Å². The molecule has 0 aromatic heterocycles. The largest absolute Gasteiger partial charge is 0.385 e. The molecule has 0 bridgehead atoms. The molecule has 1 aliphatic heterocycles. The molecule has 1 aromatic carbocycles. The van der Waals surface area contributed by atoms with Crippen LogP contribution in [0.3, 0.4) is 0 Å². The van der Waals surface area contributed by atoms with Crippen LogP contribution < -0.4 is 11.5 Å². The van der Waals surface area contributed by atoms with Crippen LogP contribution >= 0.6 is 0 Å². The summed E-state index contributed by atoms with van der Waals surface area (Å²) >= 11 is 0. The predicted octanol–water partition coefficient (Wildman–Crippen LogP) is 4.79. The first-order chi connectivity index (χ1) is 16.5. The lowest BCUT2D eigenvalue weighted by molar-refractivity contribution is -0.0931. The second-order valence-electron chi connectivity index (χ2n) is 10.5. The Hall–Kier alpha value is -1.63. The maximum atomic E-state index is 12.6. The molecular formula is C28H47N3O3. The number of hydrogen-bond acceptors (Lipinski definition) is 4. The highest BCUT2D eigenvalue weighted by Crippen LogP contribution is 2.46. The zero-order valence-corrected chi connectivity index (χ0v) is 21.2. The molecule has 2 aliphatic rings. The number of nitrogens with two attached hydrogens (primary N) is 2. The van der Waals surface area contributed by atoms with Gasteiger partial charge in [-0.1, -0.05) is 62.4 Å². The highest BCUT2D eigenvalue weighted by atomic mass is 16.5. The molecule has 0 spiro atoms. The monoisotopic (exact) mass is 473 g/mol. The lowest BCUT2D eigenvalue weighted by atomic mass is 9.65. The molecule has 5 N–H and O–H groups in total. The molecular weight excluding hydrogens is 426 g/mol. The zero-order valence-electron chi connectivity index (χ0n) is 21.2. The maximum Gasteiger partial charge on any atom is 0.315 e. The minimum atomic E-state index is -1.04. The molecule has 3 rings (SSSR count). The van der Waals surface area contributed by atoms with E-state index in [2.05, 4.69) is 0 Å². The fraction of sp³-hybridized carbons (Fsp3) is 0.750. The number of ether oxygens (including phenoxy) is 1. The van der Waals surface area contributed by atoms with E-state index in [1.165, 1.54) is 32.1 Å². The third-order valence-corrected chi connectivity index (χ3v) is 8.30. The number of aliphatic hydroxyl groups is 1. The van der Waals surface area contributed by atoms with Crippen LogP contribution in [-0.2, 0) is 10.3 Å². The molecule has 1 aromatic rings. The van der Waals surface area contributed by atoms with Gasteiger partial charge in [0.25, 0.3) is 0 Å². The summed E-state index contributed by atoms with van der Waals surface area (Å²) in [6, 6.07) is 9.50. The molecule has 1 saturated carbocycles. The van der Waals surface area contributed by atoms with Crippen LogP contribution in [0.2, 0.25) is 0 Å². The Labute approximate surface area is 206 Å². The molecule has 6 nitrogen and oxygen atoms in total. The Morgan fingerprint density at radius 3 is 2.53 bits per heavy atom. The predicted molar refractivity (Wildman–Crippen MR) is 137 cm³/mol. The van der Waals surface area contributed by atoms with Crippen LogP contribution in [-0.4, -0.2) is 48.4 Å². The minimum Gasteiger partial charge on any atom is -0.385 e. The zero-order chi connectivity index (χ0) is 24.4. The normalized spacial score (nSPS) is 24.5. The number of hydrogen-bond donors (Lipinski definition) is 3. The van der Waals surface area contributed by atoms with Crippen LogP contribution in [0.1, 0.15) is 83.1 Å². The number of amides is 2. The van der Waals surface area contributed by atoms with Gasteiger partial charge in [-0.05, 0) is 69.4 Å². The van der Waals surface area contributed by atoms with Crippen molar-refractivity contribution in [3.63, 3.8) is 0 Å². The van der Waals surface area contributed by atoms with Crippen LogP contribution in [0, 0.1) is 17.8 Å². The summed E-state index contributed by atoms with van der Waals surface area (Å²) in [5.74, 6) is 0.690. The Balaban J connectivity index is 1.91. The van der Waals surface area contributed by atoms with Crippen molar-refractivity contribution in [1.29, 1.82) is 0 Å². The molecule has 2 unspecified atom stereocenters. The first-order valence-corrected chi connectivity index (χ1v) is 13.6. The summed E-state index contributed by atoms with van der Waals surface area (Å²) < 4.78 is 5.54. The number of unbranched alkanes of at least 4 members (excludes halogenated alkanes) is 1. The number of carbonyl (C=O) groups is 1. The van der Waals surface area contributed by atoms with Crippen molar-refractivity contribution in [2.24, 2.45) is 29.2 Å². The Morgan fingerprint density at radius 1 is 1.15 bits per heavy atom. The number of rotatable bonds is 12. The molecule has 1 heterocycles. The molecule has 2 fully saturated rings. The fourth-order valence-electron chi connectivity index (χ4n) is 6.62. The van der Waals surface area contributed by atoms with E-state index < -0.39 is 5.60 Å². The van der Waals surface area contributed by atoms with Gasteiger partial charge in [-0.3, -0.25) is 0 Å². The Morgan fingerprint density at radius 2 is 1.88 bits per heavy atom. The molecule has 4 atom stereocenters.